The highest BCUT2D eigenvalue weighted by atomic mass is 16.5. The highest BCUT2D eigenvalue weighted by Crippen LogP contribution is 2.14. The number of nitrogens with one attached hydrogen (secondary N) is 1. The van der Waals surface area contributed by atoms with Crippen LogP contribution in [0.25, 0.3) is 0 Å². The van der Waals surface area contributed by atoms with Gasteiger partial charge in [-0.2, -0.15) is 0 Å². The van der Waals surface area contributed by atoms with Gasteiger partial charge in [0, 0.05) is 59.3 Å². The molecular formula is C22H41N5O3. The lowest BCUT2D eigenvalue weighted by Gasteiger charge is -2.39. The molecule has 0 spiro atoms. The summed E-state index contributed by atoms with van der Waals surface area (Å²) in [6.45, 7) is 10.6. The van der Waals surface area contributed by atoms with E-state index in [1.807, 2.05) is 25.8 Å². The molecule has 1 atom stereocenters. The zero-order chi connectivity index (χ0) is 21.8. The van der Waals surface area contributed by atoms with E-state index in [1.54, 1.807) is 0 Å². The van der Waals surface area contributed by atoms with Gasteiger partial charge in [-0.05, 0) is 39.5 Å². The monoisotopic (exact) mass is 423 g/mol. The maximum atomic E-state index is 12.6. The summed E-state index contributed by atoms with van der Waals surface area (Å²) >= 11 is 0. The van der Waals surface area contributed by atoms with E-state index in [9.17, 15) is 9.59 Å². The Labute approximate surface area is 182 Å². The van der Waals surface area contributed by atoms with Crippen LogP contribution < -0.4 is 5.32 Å². The maximum Gasteiger partial charge on any atom is 0.305 e. The molecule has 1 N–H and O–H groups in total. The lowest BCUT2D eigenvalue weighted by Crippen LogP contribution is -2.57. The number of unbranched alkanes of at least 4 members (excludes halogenated alkanes) is 3. The van der Waals surface area contributed by atoms with Crippen molar-refractivity contribution in [2.24, 2.45) is 4.99 Å². The van der Waals surface area contributed by atoms with Crippen molar-refractivity contribution < 1.29 is 14.3 Å². The molecule has 0 radical (unpaired) electrons. The number of hydrogen-bond acceptors (Lipinski definition) is 5. The molecule has 2 aliphatic rings. The first-order valence-electron chi connectivity index (χ1n) is 11.7. The van der Waals surface area contributed by atoms with Gasteiger partial charge in [0.05, 0.1) is 12.6 Å². The molecule has 0 bridgehead atoms. The van der Waals surface area contributed by atoms with Crippen molar-refractivity contribution in [2.75, 3.05) is 59.5 Å². The van der Waals surface area contributed by atoms with E-state index in [2.05, 4.69) is 20.1 Å². The standard InChI is InChI=1S/C22H41N5O3/c1-4-30-20(28)11-7-5-6-8-12-24-22(23-3)27-17-15-25(16-18-27)19(2)21(29)26-13-9-10-14-26/h19H,4-18H2,1-3H3,(H,23,24). The average Bonchev–Trinajstić information content (AvgIpc) is 3.30. The Balaban J connectivity index is 1.60. The molecule has 2 rings (SSSR count). The van der Waals surface area contributed by atoms with Crippen LogP contribution in [0.5, 0.6) is 0 Å². The molecule has 0 aromatic carbocycles. The Bertz CT molecular complexity index is 555. The van der Waals surface area contributed by atoms with Crippen LogP contribution in [0.4, 0.5) is 0 Å². The molecule has 0 aliphatic carbocycles. The summed E-state index contributed by atoms with van der Waals surface area (Å²) in [7, 11) is 1.83. The van der Waals surface area contributed by atoms with Crippen LogP contribution in [0.2, 0.25) is 0 Å². The predicted molar refractivity (Wildman–Crippen MR) is 120 cm³/mol. The molecule has 2 fully saturated rings. The summed E-state index contributed by atoms with van der Waals surface area (Å²) in [5, 5.41) is 3.46. The number of aliphatic imine (C=N–C) groups is 1. The summed E-state index contributed by atoms with van der Waals surface area (Å²) < 4.78 is 4.95. The Hall–Kier alpha value is -1.83. The largest absolute Gasteiger partial charge is 0.466 e. The molecule has 0 aromatic rings. The lowest BCUT2D eigenvalue weighted by molar-refractivity contribution is -0.143. The van der Waals surface area contributed by atoms with E-state index >= 15 is 0 Å². The van der Waals surface area contributed by atoms with Crippen molar-refractivity contribution in [1.82, 2.24) is 20.0 Å². The van der Waals surface area contributed by atoms with E-state index in [4.69, 9.17) is 4.74 Å². The van der Waals surface area contributed by atoms with Crippen molar-refractivity contribution in [3.63, 3.8) is 0 Å². The topological polar surface area (TPSA) is 77.5 Å². The number of nitrogens with zero attached hydrogens (tertiary/aromatic N) is 4. The van der Waals surface area contributed by atoms with Crippen LogP contribution in [0.15, 0.2) is 4.99 Å². The number of likely N-dealkylation sites (tertiary alicyclic amines) is 1. The van der Waals surface area contributed by atoms with Crippen molar-refractivity contribution in [2.45, 2.75) is 64.8 Å². The van der Waals surface area contributed by atoms with Gasteiger partial charge in [-0.15, -0.1) is 0 Å². The summed E-state index contributed by atoms with van der Waals surface area (Å²) in [5.41, 5.74) is 0. The highest BCUT2D eigenvalue weighted by molar-refractivity contribution is 5.82. The van der Waals surface area contributed by atoms with Crippen LogP contribution >= 0.6 is 0 Å². The minimum Gasteiger partial charge on any atom is -0.466 e. The second kappa shape index (κ2) is 13.5. The molecule has 1 unspecified atom stereocenters. The molecule has 2 saturated heterocycles. The number of guanidine groups is 1. The number of carbonyl (C=O) groups is 2. The number of carbonyl (C=O) groups excluding carboxylic acids is 2. The normalized spacial score (nSPS) is 19.1. The Morgan fingerprint density at radius 2 is 1.63 bits per heavy atom. The van der Waals surface area contributed by atoms with Gasteiger partial charge in [-0.3, -0.25) is 19.5 Å². The van der Waals surface area contributed by atoms with E-state index in [0.717, 1.165) is 90.3 Å². The third kappa shape index (κ3) is 7.78. The number of hydrogen-bond donors (Lipinski definition) is 1. The molecule has 0 aromatic heterocycles. The first-order valence-corrected chi connectivity index (χ1v) is 11.7. The second-order valence-electron chi connectivity index (χ2n) is 8.17. The van der Waals surface area contributed by atoms with Crippen LogP contribution in [0.3, 0.4) is 0 Å². The summed E-state index contributed by atoms with van der Waals surface area (Å²) in [4.78, 5) is 35.0. The van der Waals surface area contributed by atoms with Crippen LogP contribution in [-0.4, -0.2) is 98.0 Å². The van der Waals surface area contributed by atoms with Gasteiger partial charge in [-0.1, -0.05) is 12.8 Å². The quantitative estimate of drug-likeness (QED) is 0.249. The Kier molecular flexibility index (Phi) is 11.0. The molecule has 8 heteroatoms. The smallest absolute Gasteiger partial charge is 0.305 e. The van der Waals surface area contributed by atoms with Crippen LogP contribution in [0.1, 0.15) is 58.8 Å². The number of esters is 1. The summed E-state index contributed by atoms with van der Waals surface area (Å²) in [6, 6.07) is -0.0326. The fraction of sp³-hybridized carbons (Fsp3) is 0.864. The number of amides is 1. The minimum atomic E-state index is -0.0911. The predicted octanol–water partition coefficient (Wildman–Crippen LogP) is 1.70. The molecule has 30 heavy (non-hydrogen) atoms. The van der Waals surface area contributed by atoms with Gasteiger partial charge >= 0.3 is 5.97 Å². The first-order chi connectivity index (χ1) is 14.6. The van der Waals surface area contributed by atoms with E-state index < -0.39 is 0 Å². The Morgan fingerprint density at radius 1 is 0.967 bits per heavy atom. The van der Waals surface area contributed by atoms with Gasteiger partial charge in [0.2, 0.25) is 5.91 Å². The van der Waals surface area contributed by atoms with Crippen molar-refractivity contribution in [3.8, 4) is 0 Å². The maximum absolute atomic E-state index is 12.6. The van der Waals surface area contributed by atoms with E-state index in [1.165, 1.54) is 0 Å². The van der Waals surface area contributed by atoms with Gasteiger partial charge in [0.1, 0.15) is 0 Å². The van der Waals surface area contributed by atoms with Gasteiger partial charge in [0.15, 0.2) is 5.96 Å². The summed E-state index contributed by atoms with van der Waals surface area (Å²) in [5.74, 6) is 1.14. The first kappa shape index (κ1) is 24.4. The molecule has 0 saturated carbocycles. The number of rotatable bonds is 10. The fourth-order valence-electron chi connectivity index (χ4n) is 4.19. The zero-order valence-electron chi connectivity index (χ0n) is 19.2. The molecule has 8 nitrogen and oxygen atoms in total. The third-order valence-electron chi connectivity index (χ3n) is 6.04. The van der Waals surface area contributed by atoms with Crippen LogP contribution in [-0.2, 0) is 14.3 Å². The number of piperazine rings is 1. The van der Waals surface area contributed by atoms with Crippen molar-refractivity contribution in [3.05, 3.63) is 0 Å². The zero-order valence-corrected chi connectivity index (χ0v) is 19.2. The van der Waals surface area contributed by atoms with Gasteiger partial charge in [0.25, 0.3) is 0 Å². The SMILES string of the molecule is CCOC(=O)CCCCCCNC(=NC)N1CCN(C(C)C(=O)N2CCCC2)CC1. The van der Waals surface area contributed by atoms with Crippen molar-refractivity contribution >= 4 is 17.8 Å². The summed E-state index contributed by atoms with van der Waals surface area (Å²) in [6.07, 6.45) is 6.88. The molecule has 2 heterocycles. The minimum absolute atomic E-state index is 0.0326. The van der Waals surface area contributed by atoms with E-state index in [-0.39, 0.29) is 17.9 Å². The van der Waals surface area contributed by atoms with Gasteiger partial charge in [-0.25, -0.2) is 0 Å². The fourth-order valence-corrected chi connectivity index (χ4v) is 4.19. The molecule has 1 amide bonds. The third-order valence-corrected chi connectivity index (χ3v) is 6.04. The average molecular weight is 424 g/mol. The lowest BCUT2D eigenvalue weighted by atomic mass is 10.1. The second-order valence-corrected chi connectivity index (χ2v) is 8.17. The molecule has 172 valence electrons. The van der Waals surface area contributed by atoms with Crippen LogP contribution in [0, 0.1) is 0 Å². The highest BCUT2D eigenvalue weighted by Gasteiger charge is 2.30. The molecule has 2 aliphatic heterocycles. The van der Waals surface area contributed by atoms with Crippen molar-refractivity contribution in [1.29, 1.82) is 0 Å². The van der Waals surface area contributed by atoms with E-state index in [0.29, 0.717) is 13.0 Å². The molecular weight excluding hydrogens is 382 g/mol. The number of ether oxygens (including phenoxy) is 1. The van der Waals surface area contributed by atoms with Gasteiger partial charge < -0.3 is 19.9 Å². The Morgan fingerprint density at radius 3 is 2.27 bits per heavy atom.